The molecule has 0 aliphatic heterocycles. The van der Waals surface area contributed by atoms with E-state index in [9.17, 15) is 19.2 Å². The summed E-state index contributed by atoms with van der Waals surface area (Å²) < 4.78 is 14.9. The van der Waals surface area contributed by atoms with E-state index in [0.717, 1.165) is 11.3 Å². The molecule has 2 heterocycles. The third kappa shape index (κ3) is 5.62. The van der Waals surface area contributed by atoms with Crippen LogP contribution in [0.15, 0.2) is 5.38 Å². The predicted molar refractivity (Wildman–Crippen MR) is 110 cm³/mol. The van der Waals surface area contributed by atoms with Gasteiger partial charge in [0.05, 0.1) is 23.7 Å². The second kappa shape index (κ2) is 10.8. The van der Waals surface area contributed by atoms with Gasteiger partial charge in [0.1, 0.15) is 10.0 Å². The average molecular weight is 456 g/mol. The van der Waals surface area contributed by atoms with Crippen molar-refractivity contribution in [2.45, 2.75) is 20.5 Å². The van der Waals surface area contributed by atoms with Gasteiger partial charge in [0.25, 0.3) is 11.8 Å². The first kappa shape index (κ1) is 23.4. The number of anilines is 1. The summed E-state index contributed by atoms with van der Waals surface area (Å²) in [4.78, 5) is 53.0. The van der Waals surface area contributed by atoms with Gasteiger partial charge in [-0.2, -0.15) is 0 Å². The van der Waals surface area contributed by atoms with Crippen LogP contribution in [0.1, 0.15) is 48.0 Å². The highest BCUT2D eigenvalue weighted by molar-refractivity contribution is 7.18. The lowest BCUT2D eigenvalue weighted by atomic mass is 10.1. The molecule has 0 unspecified atom stereocenters. The maximum Gasteiger partial charge on any atom is 0.358 e. The Hall–Kier alpha value is -2.83. The SMILES string of the molecule is CCOC(=O)c1c(NC(=O)COC(=O)c2csc(COC)n2)sc(C(=O)NC)c1C. The van der Waals surface area contributed by atoms with Gasteiger partial charge in [-0.05, 0) is 19.4 Å². The molecule has 12 heteroatoms. The van der Waals surface area contributed by atoms with Crippen molar-refractivity contribution < 1.29 is 33.4 Å². The monoisotopic (exact) mass is 455 g/mol. The van der Waals surface area contributed by atoms with Crippen LogP contribution in [0.3, 0.4) is 0 Å². The smallest absolute Gasteiger partial charge is 0.358 e. The summed E-state index contributed by atoms with van der Waals surface area (Å²) in [6.07, 6.45) is 0. The maximum atomic E-state index is 12.3. The molecule has 2 rings (SSSR count). The first-order chi connectivity index (χ1) is 14.3. The van der Waals surface area contributed by atoms with Crippen molar-refractivity contribution in [3.63, 3.8) is 0 Å². The summed E-state index contributed by atoms with van der Waals surface area (Å²) in [7, 11) is 2.97. The minimum Gasteiger partial charge on any atom is -0.462 e. The number of thiazole rings is 1. The van der Waals surface area contributed by atoms with Crippen molar-refractivity contribution in [1.29, 1.82) is 0 Å². The second-order valence-electron chi connectivity index (χ2n) is 5.74. The molecular weight excluding hydrogens is 434 g/mol. The quantitative estimate of drug-likeness (QED) is 0.549. The summed E-state index contributed by atoms with van der Waals surface area (Å²) in [5, 5.41) is 7.23. The first-order valence-corrected chi connectivity index (χ1v) is 10.4. The largest absolute Gasteiger partial charge is 0.462 e. The van der Waals surface area contributed by atoms with Gasteiger partial charge in [-0.1, -0.05) is 0 Å². The van der Waals surface area contributed by atoms with Gasteiger partial charge in [0.2, 0.25) is 0 Å². The predicted octanol–water partition coefficient (Wildman–Crippen LogP) is 1.99. The molecular formula is C18H21N3O7S2. The van der Waals surface area contributed by atoms with Crippen LogP contribution >= 0.6 is 22.7 Å². The van der Waals surface area contributed by atoms with Gasteiger partial charge >= 0.3 is 11.9 Å². The molecule has 162 valence electrons. The Morgan fingerprint density at radius 1 is 1.17 bits per heavy atom. The Kier molecular flexibility index (Phi) is 8.45. The van der Waals surface area contributed by atoms with Crippen molar-refractivity contribution in [2.24, 2.45) is 0 Å². The molecule has 0 bridgehead atoms. The van der Waals surface area contributed by atoms with Gasteiger partial charge in [-0.25, -0.2) is 14.6 Å². The highest BCUT2D eigenvalue weighted by atomic mass is 32.1. The third-order valence-corrected chi connectivity index (χ3v) is 5.70. The van der Waals surface area contributed by atoms with E-state index in [4.69, 9.17) is 14.2 Å². The highest BCUT2D eigenvalue weighted by Crippen LogP contribution is 2.33. The van der Waals surface area contributed by atoms with E-state index >= 15 is 0 Å². The van der Waals surface area contributed by atoms with Crippen LogP contribution in [0.2, 0.25) is 0 Å². The number of nitrogens with one attached hydrogen (secondary N) is 2. The van der Waals surface area contributed by atoms with Crippen LogP contribution in [-0.4, -0.2) is 56.1 Å². The Balaban J connectivity index is 2.10. The molecule has 0 aromatic carbocycles. The summed E-state index contributed by atoms with van der Waals surface area (Å²) in [6.45, 7) is 3.04. The van der Waals surface area contributed by atoms with E-state index in [2.05, 4.69) is 15.6 Å². The van der Waals surface area contributed by atoms with E-state index in [1.165, 1.54) is 30.9 Å². The summed E-state index contributed by atoms with van der Waals surface area (Å²) in [6, 6.07) is 0. The van der Waals surface area contributed by atoms with Gasteiger partial charge in [0, 0.05) is 19.5 Å². The standard InChI is InChI=1S/C18H21N3O7S2/c1-5-27-18(25)13-9(2)14(15(23)19-3)30-16(13)21-11(22)6-28-17(24)10-8-29-12(20-10)7-26-4/h8H,5-7H2,1-4H3,(H,19,23)(H,21,22). The molecule has 0 aliphatic carbocycles. The van der Waals surface area contributed by atoms with Crippen LogP contribution in [-0.2, 0) is 25.6 Å². The molecule has 0 saturated carbocycles. The van der Waals surface area contributed by atoms with Crippen LogP contribution in [0.4, 0.5) is 5.00 Å². The molecule has 0 atom stereocenters. The first-order valence-electron chi connectivity index (χ1n) is 8.75. The van der Waals surface area contributed by atoms with E-state index < -0.39 is 30.4 Å². The van der Waals surface area contributed by atoms with Crippen molar-refractivity contribution in [1.82, 2.24) is 10.3 Å². The minimum atomic E-state index is -0.761. The Labute approximate surface area is 180 Å². The van der Waals surface area contributed by atoms with Gasteiger partial charge in [-0.15, -0.1) is 22.7 Å². The molecule has 0 saturated heterocycles. The molecule has 2 aromatic heterocycles. The molecule has 10 nitrogen and oxygen atoms in total. The highest BCUT2D eigenvalue weighted by Gasteiger charge is 2.26. The van der Waals surface area contributed by atoms with E-state index in [-0.39, 0.29) is 34.3 Å². The van der Waals surface area contributed by atoms with Crippen LogP contribution in [0, 0.1) is 6.92 Å². The number of amides is 2. The lowest BCUT2D eigenvalue weighted by Gasteiger charge is -2.07. The molecule has 0 aliphatic rings. The zero-order chi connectivity index (χ0) is 22.3. The van der Waals surface area contributed by atoms with E-state index in [1.807, 2.05) is 0 Å². The van der Waals surface area contributed by atoms with Crippen LogP contribution in [0.25, 0.3) is 0 Å². The van der Waals surface area contributed by atoms with Crippen molar-refractivity contribution in [3.05, 3.63) is 32.1 Å². The molecule has 0 fully saturated rings. The number of methoxy groups -OCH3 is 1. The lowest BCUT2D eigenvalue weighted by molar-refractivity contribution is -0.119. The number of hydrogen-bond acceptors (Lipinski definition) is 10. The number of hydrogen-bond donors (Lipinski definition) is 2. The molecule has 2 N–H and O–H groups in total. The van der Waals surface area contributed by atoms with Crippen molar-refractivity contribution in [3.8, 4) is 0 Å². The Bertz CT molecular complexity index is 952. The number of esters is 2. The van der Waals surface area contributed by atoms with Gasteiger partial charge < -0.3 is 24.8 Å². The van der Waals surface area contributed by atoms with Gasteiger partial charge in [0.15, 0.2) is 12.3 Å². The third-order valence-electron chi connectivity index (χ3n) is 3.68. The topological polar surface area (TPSA) is 133 Å². The summed E-state index contributed by atoms with van der Waals surface area (Å²) in [5.74, 6) is -2.50. The van der Waals surface area contributed by atoms with E-state index in [0.29, 0.717) is 10.6 Å². The molecule has 0 radical (unpaired) electrons. The fourth-order valence-corrected chi connectivity index (χ4v) is 4.23. The number of thiophene rings is 1. The minimum absolute atomic E-state index is 0.0703. The van der Waals surface area contributed by atoms with Crippen LogP contribution < -0.4 is 10.6 Å². The lowest BCUT2D eigenvalue weighted by Crippen LogP contribution is -2.22. The fraction of sp³-hybridized carbons (Fsp3) is 0.389. The van der Waals surface area contributed by atoms with E-state index in [1.54, 1.807) is 13.8 Å². The number of carbonyl (C=O) groups is 4. The maximum absolute atomic E-state index is 12.3. The van der Waals surface area contributed by atoms with Crippen molar-refractivity contribution >= 4 is 51.4 Å². The molecule has 2 aromatic rings. The number of nitrogens with zero attached hydrogens (tertiary/aromatic N) is 1. The molecule has 0 spiro atoms. The number of carbonyl (C=O) groups excluding carboxylic acids is 4. The Morgan fingerprint density at radius 3 is 2.53 bits per heavy atom. The van der Waals surface area contributed by atoms with Crippen LogP contribution in [0.5, 0.6) is 0 Å². The molecule has 30 heavy (non-hydrogen) atoms. The average Bonchev–Trinajstić information content (AvgIpc) is 3.30. The number of aromatic nitrogens is 1. The second-order valence-corrected chi connectivity index (χ2v) is 7.71. The normalized spacial score (nSPS) is 10.4. The number of ether oxygens (including phenoxy) is 3. The fourth-order valence-electron chi connectivity index (χ4n) is 2.34. The van der Waals surface area contributed by atoms with Gasteiger partial charge in [-0.3, -0.25) is 9.59 Å². The zero-order valence-corrected chi connectivity index (χ0v) is 18.5. The molecule has 2 amide bonds. The summed E-state index contributed by atoms with van der Waals surface area (Å²) >= 11 is 2.16. The summed E-state index contributed by atoms with van der Waals surface area (Å²) in [5.41, 5.74) is 0.544. The number of rotatable bonds is 9. The van der Waals surface area contributed by atoms with Crippen molar-refractivity contribution in [2.75, 3.05) is 32.7 Å². The zero-order valence-electron chi connectivity index (χ0n) is 16.8. The Morgan fingerprint density at radius 2 is 1.90 bits per heavy atom.